The predicted octanol–water partition coefficient (Wildman–Crippen LogP) is 0.428. The van der Waals surface area contributed by atoms with E-state index in [2.05, 4.69) is 10.1 Å². The number of rotatable bonds is 6. The summed E-state index contributed by atoms with van der Waals surface area (Å²) in [5.74, 6) is -0.439. The Bertz CT molecular complexity index is 241. The molecule has 0 spiro atoms. The molecule has 5 nitrogen and oxygen atoms in total. The number of nitrogens with two attached hydrogens (primary N) is 1. The lowest BCUT2D eigenvalue weighted by Gasteiger charge is -2.20. The number of ether oxygens (including phenoxy) is 1. The van der Waals surface area contributed by atoms with Crippen molar-refractivity contribution < 1.29 is 14.3 Å². The first-order valence-corrected chi connectivity index (χ1v) is 5.56. The van der Waals surface area contributed by atoms with Gasteiger partial charge in [-0.3, -0.25) is 4.79 Å². The van der Waals surface area contributed by atoms with Gasteiger partial charge in [0.15, 0.2) is 0 Å². The SMILES string of the molecule is CC[C@H](N)C(=O)N[C@@H](CC(C)C)C(=O)OC. The Kier molecular flexibility index (Phi) is 6.72. The van der Waals surface area contributed by atoms with E-state index in [0.29, 0.717) is 18.8 Å². The highest BCUT2D eigenvalue weighted by atomic mass is 16.5. The number of methoxy groups -OCH3 is 1. The van der Waals surface area contributed by atoms with Crippen molar-refractivity contribution in [2.24, 2.45) is 11.7 Å². The number of carbonyl (C=O) groups is 2. The van der Waals surface area contributed by atoms with Gasteiger partial charge in [-0.2, -0.15) is 0 Å². The number of amides is 1. The average Bonchev–Trinajstić information content (AvgIpc) is 2.25. The van der Waals surface area contributed by atoms with Crippen LogP contribution in [0.1, 0.15) is 33.6 Å². The molecule has 5 heteroatoms. The number of carbonyl (C=O) groups excluding carboxylic acids is 2. The zero-order valence-electron chi connectivity index (χ0n) is 10.4. The van der Waals surface area contributed by atoms with E-state index >= 15 is 0 Å². The summed E-state index contributed by atoms with van der Waals surface area (Å²) in [5.41, 5.74) is 5.57. The smallest absolute Gasteiger partial charge is 0.328 e. The van der Waals surface area contributed by atoms with Crippen LogP contribution in [0.25, 0.3) is 0 Å². The summed E-state index contributed by atoms with van der Waals surface area (Å²) in [6, 6.07) is -1.17. The van der Waals surface area contributed by atoms with E-state index in [0.717, 1.165) is 0 Å². The Labute approximate surface area is 96.7 Å². The molecule has 0 aliphatic carbocycles. The van der Waals surface area contributed by atoms with Crippen LogP contribution < -0.4 is 11.1 Å². The van der Waals surface area contributed by atoms with Crippen LogP contribution in [0.5, 0.6) is 0 Å². The fourth-order valence-corrected chi connectivity index (χ4v) is 1.29. The Morgan fingerprint density at radius 3 is 2.31 bits per heavy atom. The minimum Gasteiger partial charge on any atom is -0.467 e. The Morgan fingerprint density at radius 2 is 1.94 bits per heavy atom. The molecule has 0 saturated heterocycles. The molecule has 0 aromatic rings. The van der Waals surface area contributed by atoms with E-state index in [1.54, 1.807) is 0 Å². The average molecular weight is 230 g/mol. The third-order valence-corrected chi connectivity index (χ3v) is 2.29. The van der Waals surface area contributed by atoms with Crippen molar-refractivity contribution in [3.8, 4) is 0 Å². The molecule has 3 N–H and O–H groups in total. The van der Waals surface area contributed by atoms with Crippen LogP contribution in [0.4, 0.5) is 0 Å². The van der Waals surface area contributed by atoms with Crippen molar-refractivity contribution in [2.75, 3.05) is 7.11 Å². The Hall–Kier alpha value is -1.10. The van der Waals surface area contributed by atoms with E-state index in [1.165, 1.54) is 7.11 Å². The third-order valence-electron chi connectivity index (χ3n) is 2.29. The van der Waals surface area contributed by atoms with Gasteiger partial charge in [-0.15, -0.1) is 0 Å². The van der Waals surface area contributed by atoms with E-state index in [4.69, 9.17) is 5.73 Å². The molecule has 0 aromatic heterocycles. The molecule has 2 atom stereocenters. The summed E-state index contributed by atoms with van der Waals surface area (Å²) in [4.78, 5) is 23.0. The molecule has 0 saturated carbocycles. The van der Waals surface area contributed by atoms with Crippen molar-refractivity contribution in [3.05, 3.63) is 0 Å². The fraction of sp³-hybridized carbons (Fsp3) is 0.818. The molecule has 0 unspecified atom stereocenters. The van der Waals surface area contributed by atoms with Gasteiger partial charge in [-0.05, 0) is 18.8 Å². The lowest BCUT2D eigenvalue weighted by molar-refractivity contribution is -0.145. The standard InChI is InChI=1S/C11H22N2O3/c1-5-8(12)10(14)13-9(6-7(2)3)11(15)16-4/h7-9H,5-6,12H2,1-4H3,(H,13,14)/t8-,9-/m0/s1. The van der Waals surface area contributed by atoms with Crippen molar-refractivity contribution in [1.29, 1.82) is 0 Å². The summed E-state index contributed by atoms with van der Waals surface area (Å²) in [5, 5.41) is 2.61. The van der Waals surface area contributed by atoms with Crippen LogP contribution in [-0.2, 0) is 14.3 Å². The van der Waals surface area contributed by atoms with Gasteiger partial charge in [0.2, 0.25) is 5.91 Å². The lowest BCUT2D eigenvalue weighted by Crippen LogP contribution is -2.49. The summed E-state index contributed by atoms with van der Waals surface area (Å²) in [7, 11) is 1.31. The molecule has 0 rings (SSSR count). The maximum absolute atomic E-state index is 11.5. The third kappa shape index (κ3) is 5.11. The molecule has 0 radical (unpaired) electrons. The summed E-state index contributed by atoms with van der Waals surface area (Å²) >= 11 is 0. The molecule has 0 bridgehead atoms. The lowest BCUT2D eigenvalue weighted by atomic mass is 10.0. The molecule has 94 valence electrons. The summed E-state index contributed by atoms with van der Waals surface area (Å²) in [6.07, 6.45) is 1.09. The first-order valence-electron chi connectivity index (χ1n) is 5.56. The van der Waals surface area contributed by atoms with Gasteiger partial charge >= 0.3 is 5.97 Å². The second kappa shape index (κ2) is 7.22. The highest BCUT2D eigenvalue weighted by Crippen LogP contribution is 2.06. The quantitative estimate of drug-likeness (QED) is 0.648. The van der Waals surface area contributed by atoms with Crippen LogP contribution >= 0.6 is 0 Å². The van der Waals surface area contributed by atoms with Crippen LogP contribution in [0.2, 0.25) is 0 Å². The number of esters is 1. The van der Waals surface area contributed by atoms with Crippen LogP contribution in [0.3, 0.4) is 0 Å². The molecule has 0 aliphatic heterocycles. The molecule has 1 amide bonds. The normalized spacial score (nSPS) is 14.4. The zero-order chi connectivity index (χ0) is 12.7. The first-order chi connectivity index (χ1) is 7.42. The van der Waals surface area contributed by atoms with E-state index in [9.17, 15) is 9.59 Å². The predicted molar refractivity (Wildman–Crippen MR) is 61.7 cm³/mol. The monoisotopic (exact) mass is 230 g/mol. The highest BCUT2D eigenvalue weighted by molar-refractivity contribution is 5.87. The maximum atomic E-state index is 11.5. The Morgan fingerprint density at radius 1 is 1.38 bits per heavy atom. The van der Waals surface area contributed by atoms with Crippen LogP contribution in [0.15, 0.2) is 0 Å². The van der Waals surface area contributed by atoms with Crippen LogP contribution in [-0.4, -0.2) is 31.1 Å². The van der Waals surface area contributed by atoms with Crippen molar-refractivity contribution in [3.63, 3.8) is 0 Å². The molecule has 0 aliphatic rings. The summed E-state index contributed by atoms with van der Waals surface area (Å²) < 4.78 is 4.63. The van der Waals surface area contributed by atoms with E-state index < -0.39 is 18.1 Å². The molecule has 0 aromatic carbocycles. The van der Waals surface area contributed by atoms with Crippen molar-refractivity contribution in [2.45, 2.75) is 45.7 Å². The topological polar surface area (TPSA) is 81.4 Å². The largest absolute Gasteiger partial charge is 0.467 e. The molecular formula is C11H22N2O3. The van der Waals surface area contributed by atoms with Gasteiger partial charge in [0.1, 0.15) is 6.04 Å². The first kappa shape index (κ1) is 14.9. The van der Waals surface area contributed by atoms with Crippen molar-refractivity contribution in [1.82, 2.24) is 5.32 Å². The second-order valence-electron chi connectivity index (χ2n) is 4.23. The van der Waals surface area contributed by atoms with E-state index in [1.807, 2.05) is 20.8 Å². The van der Waals surface area contributed by atoms with Gasteiger partial charge in [0.25, 0.3) is 0 Å². The molecular weight excluding hydrogens is 208 g/mol. The minimum atomic E-state index is -0.602. The number of nitrogens with one attached hydrogen (secondary N) is 1. The molecule has 16 heavy (non-hydrogen) atoms. The summed E-state index contributed by atoms with van der Waals surface area (Å²) in [6.45, 7) is 5.77. The van der Waals surface area contributed by atoms with Gasteiger partial charge in [-0.25, -0.2) is 4.79 Å². The van der Waals surface area contributed by atoms with E-state index in [-0.39, 0.29) is 5.91 Å². The van der Waals surface area contributed by atoms with Gasteiger partial charge in [0, 0.05) is 0 Å². The van der Waals surface area contributed by atoms with Crippen LogP contribution in [0, 0.1) is 5.92 Å². The second-order valence-corrected chi connectivity index (χ2v) is 4.23. The van der Waals surface area contributed by atoms with Gasteiger partial charge in [-0.1, -0.05) is 20.8 Å². The zero-order valence-corrected chi connectivity index (χ0v) is 10.4. The number of hydrogen-bond donors (Lipinski definition) is 2. The van der Waals surface area contributed by atoms with Crippen molar-refractivity contribution >= 4 is 11.9 Å². The fourth-order valence-electron chi connectivity index (χ4n) is 1.29. The maximum Gasteiger partial charge on any atom is 0.328 e. The molecule has 0 heterocycles. The minimum absolute atomic E-state index is 0.294. The van der Waals surface area contributed by atoms with Gasteiger partial charge < -0.3 is 15.8 Å². The number of hydrogen-bond acceptors (Lipinski definition) is 4. The van der Waals surface area contributed by atoms with Gasteiger partial charge in [0.05, 0.1) is 13.2 Å². The Balaban J connectivity index is 4.42. The highest BCUT2D eigenvalue weighted by Gasteiger charge is 2.24. The molecule has 0 fully saturated rings.